The van der Waals surface area contributed by atoms with Crippen LogP contribution in [0.25, 0.3) is 0 Å². The van der Waals surface area contributed by atoms with Gasteiger partial charge in [-0.3, -0.25) is 14.5 Å². The van der Waals surface area contributed by atoms with E-state index in [1.54, 1.807) is 7.11 Å². The van der Waals surface area contributed by atoms with Crippen molar-refractivity contribution in [3.05, 3.63) is 0 Å². The Morgan fingerprint density at radius 3 is 2.75 bits per heavy atom. The lowest BCUT2D eigenvalue weighted by atomic mass is 9.83. The van der Waals surface area contributed by atoms with E-state index >= 15 is 0 Å². The Morgan fingerprint density at radius 2 is 2.20 bits per heavy atom. The first kappa shape index (κ1) is 16.9. The Hall–Kier alpha value is -1.14. The number of carboxylic acids is 1. The van der Waals surface area contributed by atoms with Crippen LogP contribution in [0.5, 0.6) is 0 Å². The largest absolute Gasteiger partial charge is 0.481 e. The first-order valence-electron chi connectivity index (χ1n) is 7.21. The molecule has 116 valence electrons. The third-order valence-corrected chi connectivity index (χ3v) is 4.10. The first-order valence-corrected chi connectivity index (χ1v) is 7.21. The zero-order valence-corrected chi connectivity index (χ0v) is 12.6. The molecule has 2 N–H and O–H groups in total. The summed E-state index contributed by atoms with van der Waals surface area (Å²) >= 11 is 0. The van der Waals surface area contributed by atoms with Gasteiger partial charge in [-0.15, -0.1) is 0 Å². The van der Waals surface area contributed by atoms with Crippen LogP contribution >= 0.6 is 0 Å². The summed E-state index contributed by atoms with van der Waals surface area (Å²) in [6, 6.07) is -0.301. The van der Waals surface area contributed by atoms with Gasteiger partial charge in [0.2, 0.25) is 5.91 Å². The van der Waals surface area contributed by atoms with E-state index in [4.69, 9.17) is 4.74 Å². The third-order valence-electron chi connectivity index (χ3n) is 4.10. The zero-order chi connectivity index (χ0) is 15.2. The van der Waals surface area contributed by atoms with E-state index in [1.165, 1.54) is 0 Å². The van der Waals surface area contributed by atoms with Gasteiger partial charge in [-0.1, -0.05) is 13.3 Å². The van der Waals surface area contributed by atoms with Crippen molar-refractivity contribution in [3.8, 4) is 0 Å². The Morgan fingerprint density at radius 1 is 1.50 bits per heavy atom. The van der Waals surface area contributed by atoms with Gasteiger partial charge < -0.3 is 15.2 Å². The number of carboxylic acid groups (broad SMARTS) is 1. The number of nitrogens with zero attached hydrogens (tertiary/aromatic N) is 1. The lowest BCUT2D eigenvalue weighted by molar-refractivity contribution is -0.149. The van der Waals surface area contributed by atoms with Crippen LogP contribution < -0.4 is 5.32 Å². The molecule has 6 heteroatoms. The quantitative estimate of drug-likeness (QED) is 0.643. The van der Waals surface area contributed by atoms with Crippen molar-refractivity contribution in [2.75, 3.05) is 33.4 Å². The predicted molar refractivity (Wildman–Crippen MR) is 75.5 cm³/mol. The first-order chi connectivity index (χ1) is 9.46. The lowest BCUT2D eigenvalue weighted by Crippen LogP contribution is -2.46. The van der Waals surface area contributed by atoms with Crippen LogP contribution in [-0.2, 0) is 14.3 Å². The van der Waals surface area contributed by atoms with E-state index in [0.29, 0.717) is 39.1 Å². The molecule has 1 heterocycles. The van der Waals surface area contributed by atoms with Gasteiger partial charge in [0.25, 0.3) is 0 Å². The number of likely N-dealkylation sites (tertiary alicyclic amines) is 1. The maximum atomic E-state index is 12.0. The van der Waals surface area contributed by atoms with Crippen molar-refractivity contribution in [2.45, 2.75) is 39.2 Å². The summed E-state index contributed by atoms with van der Waals surface area (Å²) in [6.45, 7) is 5.89. The molecule has 6 nitrogen and oxygen atoms in total. The summed E-state index contributed by atoms with van der Waals surface area (Å²) in [5, 5.41) is 12.3. The standard InChI is InChI=1S/C14H26N2O4/c1-4-5-14(13(18)19)6-8-16(10-14)11(2)12(17)15-7-9-20-3/h11H,4-10H2,1-3H3,(H,15,17)(H,18,19). The zero-order valence-electron chi connectivity index (χ0n) is 12.6. The third kappa shape index (κ3) is 3.93. The summed E-state index contributed by atoms with van der Waals surface area (Å²) in [5.74, 6) is -0.812. The van der Waals surface area contributed by atoms with Crippen LogP contribution in [0.3, 0.4) is 0 Å². The Bertz CT molecular complexity index is 348. The minimum atomic E-state index is -0.742. The normalized spacial score (nSPS) is 24.6. The van der Waals surface area contributed by atoms with Crippen molar-refractivity contribution in [1.29, 1.82) is 0 Å². The molecule has 20 heavy (non-hydrogen) atoms. The van der Waals surface area contributed by atoms with E-state index in [9.17, 15) is 14.7 Å². The number of carbonyl (C=O) groups excluding carboxylic acids is 1. The van der Waals surface area contributed by atoms with E-state index in [0.717, 1.165) is 6.42 Å². The highest BCUT2D eigenvalue weighted by atomic mass is 16.5. The smallest absolute Gasteiger partial charge is 0.310 e. The minimum absolute atomic E-state index is 0.0697. The summed E-state index contributed by atoms with van der Waals surface area (Å²) in [6.07, 6.45) is 2.12. The van der Waals surface area contributed by atoms with Crippen molar-refractivity contribution < 1.29 is 19.4 Å². The van der Waals surface area contributed by atoms with Gasteiger partial charge in [0.1, 0.15) is 0 Å². The highest BCUT2D eigenvalue weighted by molar-refractivity contribution is 5.82. The number of amides is 1. The second kappa shape index (κ2) is 7.59. The summed E-state index contributed by atoms with van der Waals surface area (Å²) in [4.78, 5) is 25.5. The minimum Gasteiger partial charge on any atom is -0.481 e. The highest BCUT2D eigenvalue weighted by Crippen LogP contribution is 2.36. The topological polar surface area (TPSA) is 78.9 Å². The molecule has 1 rings (SSSR count). The molecule has 0 saturated carbocycles. The molecule has 2 unspecified atom stereocenters. The molecule has 0 aromatic carbocycles. The maximum Gasteiger partial charge on any atom is 0.310 e. The van der Waals surface area contributed by atoms with E-state index in [2.05, 4.69) is 5.32 Å². The fourth-order valence-corrected chi connectivity index (χ4v) is 2.79. The van der Waals surface area contributed by atoms with E-state index in [1.807, 2.05) is 18.7 Å². The SMILES string of the molecule is CCCC1(C(=O)O)CCN(C(C)C(=O)NCCOC)C1. The lowest BCUT2D eigenvalue weighted by Gasteiger charge is -2.27. The van der Waals surface area contributed by atoms with Gasteiger partial charge >= 0.3 is 5.97 Å². The summed E-state index contributed by atoms with van der Waals surface area (Å²) in [5.41, 5.74) is -0.685. The predicted octanol–water partition coefficient (Wildman–Crippen LogP) is 0.714. The number of hydrogen-bond donors (Lipinski definition) is 2. The van der Waals surface area contributed by atoms with Crippen LogP contribution in [-0.4, -0.2) is 61.3 Å². The van der Waals surface area contributed by atoms with Gasteiger partial charge in [-0.05, 0) is 19.8 Å². The molecule has 2 atom stereocenters. The Balaban J connectivity index is 2.57. The van der Waals surface area contributed by atoms with Crippen LogP contribution in [0.1, 0.15) is 33.1 Å². The molecule has 0 aliphatic carbocycles. The number of methoxy groups -OCH3 is 1. The molecule has 1 fully saturated rings. The molecule has 0 aromatic rings. The summed E-state index contributed by atoms with van der Waals surface area (Å²) in [7, 11) is 1.59. The molecular weight excluding hydrogens is 260 g/mol. The van der Waals surface area contributed by atoms with E-state index in [-0.39, 0.29) is 11.9 Å². The number of rotatable bonds is 8. The molecule has 0 spiro atoms. The summed E-state index contributed by atoms with van der Waals surface area (Å²) < 4.78 is 4.89. The molecule has 0 radical (unpaired) electrons. The molecule has 1 saturated heterocycles. The fraction of sp³-hybridized carbons (Fsp3) is 0.857. The van der Waals surface area contributed by atoms with Gasteiger partial charge in [0, 0.05) is 26.7 Å². The van der Waals surface area contributed by atoms with E-state index < -0.39 is 11.4 Å². The monoisotopic (exact) mass is 286 g/mol. The van der Waals surface area contributed by atoms with Crippen LogP contribution in [0.15, 0.2) is 0 Å². The average Bonchev–Trinajstić information content (AvgIpc) is 2.84. The van der Waals surface area contributed by atoms with Crippen LogP contribution in [0.2, 0.25) is 0 Å². The number of aliphatic carboxylic acids is 1. The van der Waals surface area contributed by atoms with Gasteiger partial charge in [-0.25, -0.2) is 0 Å². The van der Waals surface area contributed by atoms with Gasteiger partial charge in [0.05, 0.1) is 18.1 Å². The molecule has 1 amide bonds. The van der Waals surface area contributed by atoms with Crippen molar-refractivity contribution in [2.24, 2.45) is 5.41 Å². The number of carbonyl (C=O) groups is 2. The van der Waals surface area contributed by atoms with Crippen molar-refractivity contribution in [3.63, 3.8) is 0 Å². The molecule has 1 aliphatic rings. The Kier molecular flexibility index (Phi) is 6.42. The average molecular weight is 286 g/mol. The van der Waals surface area contributed by atoms with Crippen LogP contribution in [0.4, 0.5) is 0 Å². The fourth-order valence-electron chi connectivity index (χ4n) is 2.79. The second-order valence-electron chi connectivity index (χ2n) is 5.52. The number of hydrogen-bond acceptors (Lipinski definition) is 4. The second-order valence-corrected chi connectivity index (χ2v) is 5.52. The van der Waals surface area contributed by atoms with Gasteiger partial charge in [-0.2, -0.15) is 0 Å². The molecular formula is C14H26N2O4. The van der Waals surface area contributed by atoms with Crippen LogP contribution in [0, 0.1) is 5.41 Å². The van der Waals surface area contributed by atoms with Crippen molar-refractivity contribution >= 4 is 11.9 Å². The number of ether oxygens (including phenoxy) is 1. The Labute approximate surface area is 120 Å². The molecule has 0 bridgehead atoms. The van der Waals surface area contributed by atoms with Gasteiger partial charge in [0.15, 0.2) is 0 Å². The molecule has 0 aromatic heterocycles. The maximum absolute atomic E-state index is 12.0. The number of nitrogens with one attached hydrogen (secondary N) is 1. The van der Waals surface area contributed by atoms with Crippen molar-refractivity contribution in [1.82, 2.24) is 10.2 Å². The molecule has 1 aliphatic heterocycles. The highest BCUT2D eigenvalue weighted by Gasteiger charge is 2.45.